The van der Waals surface area contributed by atoms with E-state index >= 15 is 0 Å². The molecule has 0 bridgehead atoms. The first-order valence-corrected chi connectivity index (χ1v) is 9.32. The van der Waals surface area contributed by atoms with Gasteiger partial charge in [-0.25, -0.2) is 9.97 Å². The number of fused-ring (bicyclic) bond motifs is 3. The lowest BCUT2D eigenvalue weighted by Gasteiger charge is -2.11. The predicted octanol–water partition coefficient (Wildman–Crippen LogP) is 4.46. The number of nitrogens with one attached hydrogen (secondary N) is 2. The van der Waals surface area contributed by atoms with E-state index in [-0.39, 0.29) is 11.7 Å². The Balaban J connectivity index is 1.55. The zero-order valence-corrected chi connectivity index (χ0v) is 15.4. The Morgan fingerprint density at radius 3 is 2.65 bits per heavy atom. The summed E-state index contributed by atoms with van der Waals surface area (Å²) in [6, 6.07) is 14.0. The number of aromatic amines is 1. The molecule has 1 amide bonds. The number of benzene rings is 2. The zero-order valence-electron chi connectivity index (χ0n) is 14.5. The number of nitrogens with zero attached hydrogens (tertiary/aromatic N) is 2. The second-order valence-corrected chi connectivity index (χ2v) is 7.14. The van der Waals surface area contributed by atoms with Gasteiger partial charge in [-0.2, -0.15) is 0 Å². The Bertz CT molecular complexity index is 1100. The molecule has 2 aromatic heterocycles. The van der Waals surface area contributed by atoms with Gasteiger partial charge in [0.1, 0.15) is 16.9 Å². The van der Waals surface area contributed by atoms with Gasteiger partial charge in [0, 0.05) is 16.6 Å². The molecule has 2 N–H and O–H groups in total. The number of rotatable bonds is 4. The van der Waals surface area contributed by atoms with Gasteiger partial charge < -0.3 is 10.3 Å². The van der Waals surface area contributed by atoms with Gasteiger partial charge in [-0.15, -0.1) is 0 Å². The van der Waals surface area contributed by atoms with Crippen LogP contribution in [0.25, 0.3) is 21.9 Å². The van der Waals surface area contributed by atoms with Crippen LogP contribution in [0.1, 0.15) is 11.1 Å². The van der Waals surface area contributed by atoms with Crippen LogP contribution in [-0.2, 0) is 4.79 Å². The van der Waals surface area contributed by atoms with E-state index in [1.807, 2.05) is 56.3 Å². The van der Waals surface area contributed by atoms with E-state index in [4.69, 9.17) is 0 Å². The number of amides is 1. The Morgan fingerprint density at radius 1 is 1.08 bits per heavy atom. The van der Waals surface area contributed by atoms with Crippen LogP contribution in [-0.4, -0.2) is 26.6 Å². The standard InChI is InChI=1S/C20H18N4OS/c1-12-6-5-7-13(2)17(12)24-16(25)10-26-20-19-18(21-11-22-20)14-8-3-4-9-15(14)23-19/h3-9,11,23H,10H2,1-2H3,(H,24,25). The summed E-state index contributed by atoms with van der Waals surface area (Å²) in [6.07, 6.45) is 1.55. The minimum absolute atomic E-state index is 0.0460. The van der Waals surface area contributed by atoms with Crippen molar-refractivity contribution < 1.29 is 4.79 Å². The molecule has 0 atom stereocenters. The number of H-pyrrole nitrogens is 1. The van der Waals surface area contributed by atoms with Gasteiger partial charge in [-0.3, -0.25) is 4.79 Å². The third kappa shape index (κ3) is 3.04. The number of hydrogen-bond donors (Lipinski definition) is 2. The first-order valence-electron chi connectivity index (χ1n) is 8.34. The average molecular weight is 362 g/mol. The van der Waals surface area contributed by atoms with Crippen LogP contribution in [0.15, 0.2) is 53.8 Å². The molecule has 26 heavy (non-hydrogen) atoms. The molecule has 4 rings (SSSR count). The predicted molar refractivity (Wildman–Crippen MR) is 107 cm³/mol. The molecule has 0 fully saturated rings. The van der Waals surface area contributed by atoms with E-state index in [1.54, 1.807) is 6.33 Å². The van der Waals surface area contributed by atoms with Crippen LogP contribution >= 0.6 is 11.8 Å². The number of hydrogen-bond acceptors (Lipinski definition) is 4. The number of carbonyl (C=O) groups excluding carboxylic acids is 1. The molecule has 4 aromatic rings. The molecule has 0 saturated carbocycles. The van der Waals surface area contributed by atoms with Crippen molar-refractivity contribution in [2.24, 2.45) is 0 Å². The summed E-state index contributed by atoms with van der Waals surface area (Å²) in [5.74, 6) is 0.241. The highest BCUT2D eigenvalue weighted by molar-refractivity contribution is 8.00. The molecule has 0 unspecified atom stereocenters. The minimum Gasteiger partial charge on any atom is -0.351 e. The van der Waals surface area contributed by atoms with Crippen LogP contribution in [0.3, 0.4) is 0 Å². The van der Waals surface area contributed by atoms with Crippen molar-refractivity contribution in [1.82, 2.24) is 15.0 Å². The molecule has 0 aliphatic heterocycles. The van der Waals surface area contributed by atoms with Crippen molar-refractivity contribution in [3.05, 3.63) is 59.9 Å². The smallest absolute Gasteiger partial charge is 0.234 e. The number of anilines is 1. The number of aromatic nitrogens is 3. The average Bonchev–Trinajstić information content (AvgIpc) is 3.02. The molecular weight excluding hydrogens is 344 g/mol. The molecule has 6 heteroatoms. The summed E-state index contributed by atoms with van der Waals surface area (Å²) in [5.41, 5.74) is 5.78. The lowest BCUT2D eigenvalue weighted by molar-refractivity contribution is -0.113. The quantitative estimate of drug-likeness (QED) is 0.415. The van der Waals surface area contributed by atoms with Crippen molar-refractivity contribution in [3.8, 4) is 0 Å². The van der Waals surface area contributed by atoms with Crippen molar-refractivity contribution in [2.75, 3.05) is 11.1 Å². The monoisotopic (exact) mass is 362 g/mol. The fourth-order valence-electron chi connectivity index (χ4n) is 3.05. The molecule has 0 aliphatic rings. The molecular formula is C20H18N4OS. The number of carbonyl (C=O) groups is 1. The first kappa shape index (κ1) is 16.6. The molecule has 2 aromatic carbocycles. The van der Waals surface area contributed by atoms with E-state index < -0.39 is 0 Å². The van der Waals surface area contributed by atoms with Crippen molar-refractivity contribution in [3.63, 3.8) is 0 Å². The molecule has 130 valence electrons. The van der Waals surface area contributed by atoms with Crippen molar-refractivity contribution >= 4 is 45.3 Å². The molecule has 2 heterocycles. The van der Waals surface area contributed by atoms with Crippen molar-refractivity contribution in [1.29, 1.82) is 0 Å². The van der Waals surface area contributed by atoms with Crippen LogP contribution < -0.4 is 5.32 Å². The minimum atomic E-state index is -0.0460. The second kappa shape index (κ2) is 6.80. The number of aryl methyl sites for hydroxylation is 2. The maximum atomic E-state index is 12.4. The third-order valence-electron chi connectivity index (χ3n) is 4.34. The number of thioether (sulfide) groups is 1. The Kier molecular flexibility index (Phi) is 4.34. The highest BCUT2D eigenvalue weighted by Crippen LogP contribution is 2.29. The van der Waals surface area contributed by atoms with Crippen LogP contribution in [0.2, 0.25) is 0 Å². The fraction of sp³-hybridized carbons (Fsp3) is 0.150. The largest absolute Gasteiger partial charge is 0.351 e. The highest BCUT2D eigenvalue weighted by Gasteiger charge is 2.13. The van der Waals surface area contributed by atoms with Crippen LogP contribution in [0.5, 0.6) is 0 Å². The number of para-hydroxylation sites is 2. The maximum absolute atomic E-state index is 12.4. The molecule has 0 aliphatic carbocycles. The Morgan fingerprint density at radius 2 is 1.85 bits per heavy atom. The van der Waals surface area contributed by atoms with Crippen LogP contribution in [0, 0.1) is 13.8 Å². The van der Waals surface area contributed by atoms with Gasteiger partial charge in [0.15, 0.2) is 0 Å². The third-order valence-corrected chi connectivity index (χ3v) is 5.33. The van der Waals surface area contributed by atoms with E-state index in [2.05, 4.69) is 20.3 Å². The summed E-state index contributed by atoms with van der Waals surface area (Å²) >= 11 is 1.41. The normalized spacial score (nSPS) is 11.2. The maximum Gasteiger partial charge on any atom is 0.234 e. The first-order chi connectivity index (χ1) is 12.6. The molecule has 0 saturated heterocycles. The van der Waals surface area contributed by atoms with E-state index in [9.17, 15) is 4.79 Å². The van der Waals surface area contributed by atoms with E-state index in [0.717, 1.165) is 43.8 Å². The van der Waals surface area contributed by atoms with E-state index in [0.29, 0.717) is 0 Å². The molecule has 5 nitrogen and oxygen atoms in total. The second-order valence-electron chi connectivity index (χ2n) is 6.18. The Hall–Kier alpha value is -2.86. The summed E-state index contributed by atoms with van der Waals surface area (Å²) in [5, 5.41) is 4.85. The van der Waals surface area contributed by atoms with Gasteiger partial charge in [0.25, 0.3) is 0 Å². The summed E-state index contributed by atoms with van der Waals surface area (Å²) in [4.78, 5) is 24.5. The topological polar surface area (TPSA) is 70.7 Å². The molecule has 0 radical (unpaired) electrons. The van der Waals surface area contributed by atoms with Gasteiger partial charge in [0.2, 0.25) is 5.91 Å². The summed E-state index contributed by atoms with van der Waals surface area (Å²) < 4.78 is 0. The lowest BCUT2D eigenvalue weighted by Crippen LogP contribution is -2.15. The van der Waals surface area contributed by atoms with E-state index in [1.165, 1.54) is 11.8 Å². The fourth-order valence-corrected chi connectivity index (χ4v) is 3.80. The highest BCUT2D eigenvalue weighted by atomic mass is 32.2. The summed E-state index contributed by atoms with van der Waals surface area (Å²) in [6.45, 7) is 3.99. The van der Waals surface area contributed by atoms with Gasteiger partial charge in [-0.05, 0) is 31.0 Å². The van der Waals surface area contributed by atoms with Crippen LogP contribution in [0.4, 0.5) is 5.69 Å². The lowest BCUT2D eigenvalue weighted by atomic mass is 10.1. The summed E-state index contributed by atoms with van der Waals surface area (Å²) in [7, 11) is 0. The molecule has 0 spiro atoms. The zero-order chi connectivity index (χ0) is 18.1. The van der Waals surface area contributed by atoms with Crippen molar-refractivity contribution in [2.45, 2.75) is 18.9 Å². The van der Waals surface area contributed by atoms with Gasteiger partial charge in [0.05, 0.1) is 11.3 Å². The van der Waals surface area contributed by atoms with Gasteiger partial charge >= 0.3 is 0 Å². The SMILES string of the molecule is Cc1cccc(C)c1NC(=O)CSc1ncnc2c1[nH]c1ccccc12. The van der Waals surface area contributed by atoms with Gasteiger partial charge in [-0.1, -0.05) is 48.2 Å². The Labute approximate surface area is 155 Å².